The van der Waals surface area contributed by atoms with Crippen LogP contribution in [-0.2, 0) is 22.2 Å². The summed E-state index contributed by atoms with van der Waals surface area (Å²) < 4.78 is 13.9. The fraction of sp³-hybridized carbons (Fsp3) is 0.542. The van der Waals surface area contributed by atoms with Gasteiger partial charge in [0.05, 0.1) is 11.7 Å². The molecule has 3 rings (SSSR count). The van der Waals surface area contributed by atoms with Gasteiger partial charge < -0.3 is 10.2 Å². The Morgan fingerprint density at radius 3 is 2.40 bits per heavy atom. The molecular weight excluding hydrogens is 379 g/mol. The molecule has 1 aliphatic rings. The number of aromatic nitrogens is 2. The van der Waals surface area contributed by atoms with Crippen molar-refractivity contribution in [3.63, 3.8) is 0 Å². The van der Waals surface area contributed by atoms with Crippen LogP contribution in [0.1, 0.15) is 83.6 Å². The van der Waals surface area contributed by atoms with Gasteiger partial charge in [-0.3, -0.25) is 4.79 Å². The van der Waals surface area contributed by atoms with Crippen molar-refractivity contribution in [2.24, 2.45) is 0 Å². The van der Waals surface area contributed by atoms with E-state index in [1.165, 1.54) is 12.1 Å². The van der Waals surface area contributed by atoms with Crippen molar-refractivity contribution in [3.8, 4) is 0 Å². The van der Waals surface area contributed by atoms with E-state index in [2.05, 4.69) is 46.9 Å². The van der Waals surface area contributed by atoms with Gasteiger partial charge in [-0.2, -0.15) is 0 Å². The van der Waals surface area contributed by atoms with Crippen LogP contribution in [0.4, 0.5) is 10.2 Å². The van der Waals surface area contributed by atoms with E-state index in [1.54, 1.807) is 11.8 Å². The first-order chi connectivity index (χ1) is 13.8. The van der Waals surface area contributed by atoms with Crippen LogP contribution in [0.25, 0.3) is 0 Å². The van der Waals surface area contributed by atoms with Gasteiger partial charge in [-0.25, -0.2) is 14.4 Å². The first-order valence-corrected chi connectivity index (χ1v) is 10.5. The van der Waals surface area contributed by atoms with Gasteiger partial charge >= 0.3 is 0 Å². The van der Waals surface area contributed by atoms with Crippen molar-refractivity contribution < 1.29 is 9.18 Å². The second-order valence-electron chi connectivity index (χ2n) is 10.2. The normalized spacial score (nSPS) is 17.3. The monoisotopic (exact) mass is 412 g/mol. The number of fused-ring (bicyclic) bond motifs is 1. The fourth-order valence-electron chi connectivity index (χ4n) is 3.61. The molecule has 0 fully saturated rings. The zero-order chi connectivity index (χ0) is 22.3. The number of nitrogens with zero attached hydrogens (tertiary/aromatic N) is 3. The van der Waals surface area contributed by atoms with Gasteiger partial charge in [0.25, 0.3) is 0 Å². The Kier molecular flexibility index (Phi) is 5.89. The summed E-state index contributed by atoms with van der Waals surface area (Å²) in [6, 6.07) is 6.78. The maximum atomic E-state index is 13.9. The lowest BCUT2D eigenvalue weighted by Crippen LogP contribution is -2.28. The molecule has 1 aliphatic heterocycles. The molecule has 5 nitrogen and oxygen atoms in total. The Morgan fingerprint density at radius 2 is 1.80 bits per heavy atom. The quantitative estimate of drug-likeness (QED) is 0.744. The van der Waals surface area contributed by atoms with Gasteiger partial charge in [-0.1, -0.05) is 47.6 Å². The number of benzene rings is 1. The summed E-state index contributed by atoms with van der Waals surface area (Å²) in [6.07, 6.45) is 0.720. The lowest BCUT2D eigenvalue weighted by Gasteiger charge is -2.26. The Bertz CT molecular complexity index is 911. The topological polar surface area (TPSA) is 58.1 Å². The summed E-state index contributed by atoms with van der Waals surface area (Å²) >= 11 is 0. The van der Waals surface area contributed by atoms with Gasteiger partial charge in [0, 0.05) is 36.9 Å². The van der Waals surface area contributed by atoms with E-state index >= 15 is 0 Å². The SMILES string of the molecule is CC(=O)N1CCC(Nc2cc(C(C)(C)C)nc(C(C)(C)C)n2)c2ccc(F)cc2C1. The predicted molar refractivity (Wildman–Crippen MR) is 118 cm³/mol. The summed E-state index contributed by atoms with van der Waals surface area (Å²) in [4.78, 5) is 23.4. The minimum atomic E-state index is -0.287. The van der Waals surface area contributed by atoms with Crippen molar-refractivity contribution in [2.75, 3.05) is 11.9 Å². The molecule has 0 saturated heterocycles. The summed E-state index contributed by atoms with van der Waals surface area (Å²) in [7, 11) is 0. The molecule has 0 bridgehead atoms. The summed E-state index contributed by atoms with van der Waals surface area (Å²) in [6.45, 7) is 15.3. The average molecular weight is 413 g/mol. The second kappa shape index (κ2) is 7.97. The van der Waals surface area contributed by atoms with E-state index in [9.17, 15) is 9.18 Å². The number of anilines is 1. The summed E-state index contributed by atoms with van der Waals surface area (Å²) in [5, 5.41) is 3.57. The third-order valence-corrected chi connectivity index (χ3v) is 5.46. The first kappa shape index (κ1) is 22.2. The van der Waals surface area contributed by atoms with Crippen LogP contribution in [0.3, 0.4) is 0 Å². The Labute approximate surface area is 179 Å². The van der Waals surface area contributed by atoms with Crippen LogP contribution >= 0.6 is 0 Å². The highest BCUT2D eigenvalue weighted by Gasteiger charge is 2.27. The molecule has 1 aromatic heterocycles. The van der Waals surface area contributed by atoms with Gasteiger partial charge in [0.1, 0.15) is 17.5 Å². The van der Waals surface area contributed by atoms with Crippen molar-refractivity contribution >= 4 is 11.7 Å². The highest BCUT2D eigenvalue weighted by Crippen LogP contribution is 2.32. The number of amides is 1. The molecule has 0 radical (unpaired) electrons. The van der Waals surface area contributed by atoms with Crippen LogP contribution in [0.15, 0.2) is 24.3 Å². The molecular formula is C24H33FN4O. The number of carbonyl (C=O) groups excluding carboxylic acids is 1. The van der Waals surface area contributed by atoms with Crippen molar-refractivity contribution in [1.29, 1.82) is 0 Å². The smallest absolute Gasteiger partial charge is 0.219 e. The maximum absolute atomic E-state index is 13.9. The number of nitrogens with one attached hydrogen (secondary N) is 1. The molecule has 0 spiro atoms. The number of carbonyl (C=O) groups is 1. The molecule has 1 unspecified atom stereocenters. The van der Waals surface area contributed by atoms with Gasteiger partial charge in [0.15, 0.2) is 0 Å². The Hall–Kier alpha value is -2.50. The highest BCUT2D eigenvalue weighted by molar-refractivity contribution is 5.73. The predicted octanol–water partition coefficient (Wildman–Crippen LogP) is 5.12. The summed E-state index contributed by atoms with van der Waals surface area (Å²) in [5.74, 6) is 1.26. The van der Waals surface area contributed by atoms with E-state index < -0.39 is 0 Å². The van der Waals surface area contributed by atoms with E-state index in [0.29, 0.717) is 13.1 Å². The van der Waals surface area contributed by atoms with E-state index in [1.807, 2.05) is 12.1 Å². The van der Waals surface area contributed by atoms with Crippen molar-refractivity contribution in [3.05, 3.63) is 52.7 Å². The molecule has 2 aromatic rings. The number of halogens is 1. The van der Waals surface area contributed by atoms with Gasteiger partial charge in [0.2, 0.25) is 5.91 Å². The molecule has 30 heavy (non-hydrogen) atoms. The zero-order valence-electron chi connectivity index (χ0n) is 19.1. The third-order valence-electron chi connectivity index (χ3n) is 5.46. The summed E-state index contributed by atoms with van der Waals surface area (Å²) in [5.41, 5.74) is 2.51. The minimum Gasteiger partial charge on any atom is -0.363 e. The third kappa shape index (κ3) is 4.97. The molecule has 2 heterocycles. The van der Waals surface area contributed by atoms with Crippen molar-refractivity contribution in [2.45, 2.75) is 78.3 Å². The maximum Gasteiger partial charge on any atom is 0.219 e. The first-order valence-electron chi connectivity index (χ1n) is 10.5. The second-order valence-corrected chi connectivity index (χ2v) is 10.2. The molecule has 1 aromatic carbocycles. The van der Waals surface area contributed by atoms with E-state index in [0.717, 1.165) is 34.9 Å². The molecule has 0 aliphatic carbocycles. The lowest BCUT2D eigenvalue weighted by molar-refractivity contribution is -0.129. The fourth-order valence-corrected chi connectivity index (χ4v) is 3.61. The molecule has 162 valence electrons. The molecule has 1 amide bonds. The Morgan fingerprint density at radius 1 is 1.10 bits per heavy atom. The average Bonchev–Trinajstić information content (AvgIpc) is 2.79. The van der Waals surface area contributed by atoms with Crippen LogP contribution in [0.2, 0.25) is 0 Å². The number of rotatable bonds is 2. The molecule has 6 heteroatoms. The van der Waals surface area contributed by atoms with Crippen molar-refractivity contribution in [1.82, 2.24) is 14.9 Å². The van der Waals surface area contributed by atoms with Crippen LogP contribution < -0.4 is 5.32 Å². The van der Waals surface area contributed by atoms with Crippen LogP contribution in [0, 0.1) is 5.82 Å². The van der Waals surface area contributed by atoms with E-state index in [-0.39, 0.29) is 28.6 Å². The number of hydrogen-bond donors (Lipinski definition) is 1. The highest BCUT2D eigenvalue weighted by atomic mass is 19.1. The van der Waals surface area contributed by atoms with Crippen LogP contribution in [-0.4, -0.2) is 27.3 Å². The van der Waals surface area contributed by atoms with Crippen LogP contribution in [0.5, 0.6) is 0 Å². The standard InChI is InChI=1S/C24H33FN4O/c1-15(30)29-11-10-19(18-9-8-17(25)12-16(18)14-29)26-21-13-20(23(2,3)4)27-22(28-21)24(5,6)7/h8-9,12-13,19H,10-11,14H2,1-7H3,(H,26,27,28). The molecule has 0 saturated carbocycles. The largest absolute Gasteiger partial charge is 0.363 e. The van der Waals surface area contributed by atoms with Gasteiger partial charge in [-0.15, -0.1) is 0 Å². The molecule has 1 N–H and O–H groups in total. The minimum absolute atomic E-state index is 0.00191. The zero-order valence-corrected chi connectivity index (χ0v) is 19.1. The lowest BCUT2D eigenvalue weighted by atomic mass is 9.90. The van der Waals surface area contributed by atoms with Gasteiger partial charge in [-0.05, 0) is 29.7 Å². The Balaban J connectivity index is 2.02. The molecule has 1 atom stereocenters. The number of hydrogen-bond acceptors (Lipinski definition) is 4. The van der Waals surface area contributed by atoms with E-state index in [4.69, 9.17) is 9.97 Å².